The average molecular weight is 484 g/mol. The summed E-state index contributed by atoms with van der Waals surface area (Å²) in [4.78, 5) is 27.6. The van der Waals surface area contributed by atoms with E-state index in [0.29, 0.717) is 15.8 Å². The van der Waals surface area contributed by atoms with Crippen LogP contribution in [0.5, 0.6) is 11.5 Å². The van der Waals surface area contributed by atoms with Crippen LogP contribution in [0.1, 0.15) is 11.1 Å². The van der Waals surface area contributed by atoms with Gasteiger partial charge in [0.25, 0.3) is 5.91 Å². The van der Waals surface area contributed by atoms with Crippen molar-refractivity contribution in [2.75, 3.05) is 0 Å². The van der Waals surface area contributed by atoms with Crippen molar-refractivity contribution in [1.29, 1.82) is 0 Å². The number of rotatable bonds is 7. The van der Waals surface area contributed by atoms with Crippen LogP contribution in [0.3, 0.4) is 0 Å². The number of amides is 3. The van der Waals surface area contributed by atoms with Gasteiger partial charge in [-0.2, -0.15) is 0 Å². The third-order valence-corrected chi connectivity index (χ3v) is 7.32. The smallest absolute Gasteiger partial charge is 0.400 e. The summed E-state index contributed by atoms with van der Waals surface area (Å²) < 4.78 is 26.4. The molecule has 7 nitrogen and oxygen atoms in total. The van der Waals surface area contributed by atoms with E-state index >= 15 is 0 Å². The zero-order valence-corrected chi connectivity index (χ0v) is 19.4. The topological polar surface area (TPSA) is 84.9 Å². The molecule has 1 heterocycles. The first kappa shape index (κ1) is 22.4. The molecule has 5 rings (SSSR count). The third-order valence-electron chi connectivity index (χ3n) is 5.59. The molecule has 4 aromatic carbocycles. The maximum Gasteiger partial charge on any atom is 0.555 e. The van der Waals surface area contributed by atoms with Crippen molar-refractivity contribution >= 4 is 19.7 Å². The van der Waals surface area contributed by atoms with E-state index in [9.17, 15) is 14.2 Å². The largest absolute Gasteiger partial charge is 0.555 e. The fourth-order valence-corrected chi connectivity index (χ4v) is 5.63. The van der Waals surface area contributed by atoms with Gasteiger partial charge >= 0.3 is 13.8 Å². The Bertz CT molecular complexity index is 1300. The minimum Gasteiger partial charge on any atom is -0.400 e. The molecule has 35 heavy (non-hydrogen) atoms. The molecule has 0 bridgehead atoms. The second-order valence-electron chi connectivity index (χ2n) is 7.81. The van der Waals surface area contributed by atoms with E-state index in [-0.39, 0.29) is 11.5 Å². The van der Waals surface area contributed by atoms with Crippen molar-refractivity contribution in [1.82, 2.24) is 9.99 Å². The zero-order valence-electron chi connectivity index (χ0n) is 18.5. The second-order valence-corrected chi connectivity index (χ2v) is 9.51. The molecule has 0 aliphatic carbocycles. The fourth-order valence-electron chi connectivity index (χ4n) is 4.00. The molecule has 0 atom stereocenters. The van der Waals surface area contributed by atoms with Crippen LogP contribution in [0.4, 0.5) is 4.79 Å². The predicted octanol–water partition coefficient (Wildman–Crippen LogP) is 5.75. The Morgan fingerprint density at radius 3 is 1.37 bits per heavy atom. The number of nitrogens with zero attached hydrogens (tertiary/aromatic N) is 1. The molecule has 1 aliphatic heterocycles. The first-order valence-electron chi connectivity index (χ1n) is 10.9. The SMILES string of the molecule is O=C1NC(c2ccccc2)(c2ccccc2)C(=O)N1P(=O)(Oc1ccccc1)Oc1ccccc1. The van der Waals surface area contributed by atoms with Crippen LogP contribution in [-0.4, -0.2) is 16.6 Å². The Morgan fingerprint density at radius 1 is 0.600 bits per heavy atom. The highest BCUT2D eigenvalue weighted by Crippen LogP contribution is 2.56. The van der Waals surface area contributed by atoms with Crippen LogP contribution in [0.15, 0.2) is 121 Å². The lowest BCUT2D eigenvalue weighted by Gasteiger charge is -2.29. The molecule has 1 aliphatic rings. The van der Waals surface area contributed by atoms with Crippen LogP contribution in [0.2, 0.25) is 0 Å². The van der Waals surface area contributed by atoms with Crippen LogP contribution in [-0.2, 0) is 14.9 Å². The zero-order chi connectivity index (χ0) is 24.3. The van der Waals surface area contributed by atoms with Gasteiger partial charge < -0.3 is 14.4 Å². The Hall–Kier alpha value is -4.35. The predicted molar refractivity (Wildman–Crippen MR) is 131 cm³/mol. The van der Waals surface area contributed by atoms with E-state index in [0.717, 1.165) is 0 Å². The molecule has 3 amide bonds. The Balaban J connectivity index is 1.65. The van der Waals surface area contributed by atoms with Crippen LogP contribution in [0.25, 0.3) is 0 Å². The highest BCUT2D eigenvalue weighted by molar-refractivity contribution is 7.53. The molecule has 0 saturated carbocycles. The number of imide groups is 1. The number of nitrogens with one attached hydrogen (secondary N) is 1. The Morgan fingerprint density at radius 2 is 0.971 bits per heavy atom. The molecule has 1 N–H and O–H groups in total. The molecule has 1 saturated heterocycles. The standard InChI is InChI=1S/C27H21N2O5P/c30-25-27(21-13-5-1-6-14-21,22-15-7-2-8-16-22)28-26(31)29(25)35(32,33-23-17-9-3-10-18-23)34-24-19-11-4-12-20-24/h1-20H,(H,28,31). The average Bonchev–Trinajstić information content (AvgIpc) is 3.17. The molecular formula is C27H21N2O5P. The Kier molecular flexibility index (Phi) is 5.85. The van der Waals surface area contributed by atoms with E-state index < -0.39 is 25.2 Å². The van der Waals surface area contributed by atoms with E-state index in [1.807, 2.05) is 12.1 Å². The number of urea groups is 1. The number of carbonyl (C=O) groups is 2. The van der Waals surface area contributed by atoms with Gasteiger partial charge in [0.2, 0.25) is 0 Å². The molecule has 174 valence electrons. The fraction of sp³-hybridized carbons (Fsp3) is 0.0370. The molecule has 1 fully saturated rings. The van der Waals surface area contributed by atoms with Crippen molar-refractivity contribution < 1.29 is 23.2 Å². The third kappa shape index (κ3) is 4.07. The van der Waals surface area contributed by atoms with Crippen LogP contribution < -0.4 is 14.4 Å². The lowest BCUT2D eigenvalue weighted by Crippen LogP contribution is -2.45. The highest BCUT2D eigenvalue weighted by Gasteiger charge is 2.61. The summed E-state index contributed by atoms with van der Waals surface area (Å²) in [5.41, 5.74) is -0.592. The van der Waals surface area contributed by atoms with Crippen LogP contribution >= 0.6 is 7.75 Å². The number of para-hydroxylation sites is 2. The number of hydrogen-bond acceptors (Lipinski definition) is 5. The van der Waals surface area contributed by atoms with Gasteiger partial charge in [-0.05, 0) is 35.4 Å². The van der Waals surface area contributed by atoms with E-state index in [1.165, 1.54) is 0 Å². The summed E-state index contributed by atoms with van der Waals surface area (Å²) in [6.07, 6.45) is 0. The Labute approximate surface area is 202 Å². The molecule has 0 aromatic heterocycles. The maximum absolute atomic E-state index is 14.3. The quantitative estimate of drug-likeness (QED) is 0.267. The highest BCUT2D eigenvalue weighted by atomic mass is 31.2. The van der Waals surface area contributed by atoms with Gasteiger partial charge in [-0.25, -0.2) is 9.36 Å². The minimum atomic E-state index is -4.57. The molecule has 8 heteroatoms. The van der Waals surface area contributed by atoms with Crippen LogP contribution in [0, 0.1) is 0 Å². The van der Waals surface area contributed by atoms with Gasteiger partial charge in [0.15, 0.2) is 5.54 Å². The number of benzene rings is 4. The first-order chi connectivity index (χ1) is 17.0. The lowest BCUT2D eigenvalue weighted by molar-refractivity contribution is -0.127. The molecule has 0 unspecified atom stereocenters. The van der Waals surface area contributed by atoms with Crippen molar-refractivity contribution in [3.8, 4) is 11.5 Å². The van der Waals surface area contributed by atoms with Gasteiger partial charge in [0, 0.05) is 0 Å². The summed E-state index contributed by atoms with van der Waals surface area (Å²) >= 11 is 0. The van der Waals surface area contributed by atoms with Gasteiger partial charge in [0.1, 0.15) is 11.5 Å². The maximum atomic E-state index is 14.3. The summed E-state index contributed by atoms with van der Waals surface area (Å²) in [6, 6.07) is 33.3. The van der Waals surface area contributed by atoms with Crippen molar-refractivity contribution in [3.63, 3.8) is 0 Å². The second kappa shape index (κ2) is 9.12. The number of carbonyl (C=O) groups excluding carboxylic acids is 2. The molecule has 4 aromatic rings. The number of hydrogen-bond donors (Lipinski definition) is 1. The van der Waals surface area contributed by atoms with Crippen molar-refractivity contribution in [2.45, 2.75) is 5.54 Å². The van der Waals surface area contributed by atoms with Gasteiger partial charge in [0.05, 0.1) is 0 Å². The lowest BCUT2D eigenvalue weighted by atomic mass is 9.83. The normalized spacial score (nSPS) is 14.9. The summed E-state index contributed by atoms with van der Waals surface area (Å²) in [5, 5.41) is 2.78. The van der Waals surface area contributed by atoms with E-state index in [1.54, 1.807) is 109 Å². The first-order valence-corrected chi connectivity index (χ1v) is 12.4. The van der Waals surface area contributed by atoms with Gasteiger partial charge in [-0.1, -0.05) is 97.1 Å². The minimum absolute atomic E-state index is 0.185. The summed E-state index contributed by atoms with van der Waals surface area (Å²) in [5.74, 6) is -0.399. The summed E-state index contributed by atoms with van der Waals surface area (Å²) in [6.45, 7) is 0. The summed E-state index contributed by atoms with van der Waals surface area (Å²) in [7, 11) is -4.57. The van der Waals surface area contributed by atoms with Gasteiger partial charge in [-0.15, -0.1) is 4.67 Å². The van der Waals surface area contributed by atoms with Crippen molar-refractivity contribution in [3.05, 3.63) is 132 Å². The molecule has 0 spiro atoms. The molecular weight excluding hydrogens is 463 g/mol. The van der Waals surface area contributed by atoms with E-state index in [4.69, 9.17) is 9.05 Å². The monoisotopic (exact) mass is 484 g/mol. The van der Waals surface area contributed by atoms with Gasteiger partial charge in [-0.3, -0.25) is 4.79 Å². The van der Waals surface area contributed by atoms with E-state index in [2.05, 4.69) is 5.32 Å². The van der Waals surface area contributed by atoms with Crippen molar-refractivity contribution in [2.24, 2.45) is 0 Å². The molecule has 0 radical (unpaired) electrons.